The fourth-order valence-corrected chi connectivity index (χ4v) is 4.14. The van der Waals surface area contributed by atoms with Crippen molar-refractivity contribution in [2.45, 2.75) is 26.3 Å². The summed E-state index contributed by atoms with van der Waals surface area (Å²) < 4.78 is 1.87. The third-order valence-electron chi connectivity index (χ3n) is 3.58. The fourth-order valence-electron chi connectivity index (χ4n) is 2.38. The fraction of sp³-hybridized carbons (Fsp3) is 0.692. The van der Waals surface area contributed by atoms with Gasteiger partial charge in [-0.25, -0.2) is 0 Å². The Morgan fingerprint density at radius 2 is 2.22 bits per heavy atom. The van der Waals surface area contributed by atoms with Crippen LogP contribution in [0.15, 0.2) is 10.5 Å². The minimum Gasteiger partial charge on any atom is -0.312 e. The van der Waals surface area contributed by atoms with Gasteiger partial charge in [0.05, 0.1) is 0 Å². The number of thiophene rings is 1. The van der Waals surface area contributed by atoms with Crippen molar-refractivity contribution in [1.82, 2.24) is 10.2 Å². The van der Waals surface area contributed by atoms with Crippen LogP contribution < -0.4 is 5.32 Å². The molecule has 102 valence electrons. The lowest BCUT2D eigenvalue weighted by molar-refractivity contribution is 0.190. The molecule has 1 aromatic heterocycles. The number of halogens is 2. The van der Waals surface area contributed by atoms with E-state index in [1.807, 2.05) is 0 Å². The van der Waals surface area contributed by atoms with Crippen molar-refractivity contribution in [2.24, 2.45) is 5.92 Å². The molecule has 0 unspecified atom stereocenters. The number of nitrogens with zero attached hydrogens (tertiary/aromatic N) is 1. The minimum absolute atomic E-state index is 0.840. The van der Waals surface area contributed by atoms with Gasteiger partial charge in [-0.2, -0.15) is 0 Å². The summed E-state index contributed by atoms with van der Waals surface area (Å²) in [7, 11) is 0. The van der Waals surface area contributed by atoms with Crippen molar-refractivity contribution in [3.8, 4) is 0 Å². The highest BCUT2D eigenvalue weighted by molar-refractivity contribution is 9.10. The van der Waals surface area contributed by atoms with Crippen LogP contribution in [0.5, 0.6) is 0 Å². The molecule has 1 aliphatic heterocycles. The van der Waals surface area contributed by atoms with Crippen molar-refractivity contribution >= 4 is 38.9 Å². The molecule has 2 heterocycles. The van der Waals surface area contributed by atoms with Gasteiger partial charge in [-0.3, -0.25) is 0 Å². The van der Waals surface area contributed by atoms with E-state index in [0.29, 0.717) is 0 Å². The summed E-state index contributed by atoms with van der Waals surface area (Å²) in [5.74, 6) is 0.840. The zero-order valence-corrected chi connectivity index (χ0v) is 13.9. The van der Waals surface area contributed by atoms with Crippen LogP contribution in [0.2, 0.25) is 4.34 Å². The zero-order chi connectivity index (χ0) is 13.0. The highest BCUT2D eigenvalue weighted by Gasteiger charge is 2.17. The maximum absolute atomic E-state index is 6.03. The first-order valence-electron chi connectivity index (χ1n) is 6.55. The average molecular weight is 352 g/mol. The van der Waals surface area contributed by atoms with E-state index in [1.54, 1.807) is 11.3 Å². The lowest BCUT2D eigenvalue weighted by Crippen LogP contribution is -2.36. The highest BCUT2D eigenvalue weighted by Crippen LogP contribution is 2.31. The van der Waals surface area contributed by atoms with E-state index in [9.17, 15) is 0 Å². The Balaban J connectivity index is 1.67. The second-order valence-corrected chi connectivity index (χ2v) is 7.44. The Morgan fingerprint density at radius 3 is 2.78 bits per heavy atom. The average Bonchev–Trinajstić information content (AvgIpc) is 2.69. The molecule has 0 aliphatic carbocycles. The summed E-state index contributed by atoms with van der Waals surface area (Å²) >= 11 is 11.1. The molecule has 0 radical (unpaired) electrons. The van der Waals surface area contributed by atoms with E-state index in [-0.39, 0.29) is 0 Å². The molecule has 2 nitrogen and oxygen atoms in total. The number of hydrogen-bond acceptors (Lipinski definition) is 3. The van der Waals surface area contributed by atoms with E-state index in [4.69, 9.17) is 11.6 Å². The van der Waals surface area contributed by atoms with Gasteiger partial charge in [0.15, 0.2) is 0 Å². The standard InChI is InChI=1S/C13H20BrClN2S/c1-2-17-5-3-10(4-6-17)8-16-9-11-7-12(14)13(15)18-11/h7,10,16H,2-6,8-9H2,1H3. The number of piperidine rings is 1. The molecule has 5 heteroatoms. The molecule has 0 saturated carbocycles. The number of nitrogens with one attached hydrogen (secondary N) is 1. The molecule has 18 heavy (non-hydrogen) atoms. The van der Waals surface area contributed by atoms with Gasteiger partial charge in [-0.05, 0) is 66.9 Å². The van der Waals surface area contributed by atoms with Gasteiger partial charge in [0, 0.05) is 15.9 Å². The molecule has 1 aromatic rings. The quantitative estimate of drug-likeness (QED) is 0.863. The summed E-state index contributed by atoms with van der Waals surface area (Å²) in [5, 5.41) is 3.56. The Hall–Kier alpha value is 0.390. The number of hydrogen-bond donors (Lipinski definition) is 1. The van der Waals surface area contributed by atoms with Crippen LogP contribution in [-0.2, 0) is 6.54 Å². The van der Waals surface area contributed by atoms with Gasteiger partial charge < -0.3 is 10.2 Å². The molecule has 0 bridgehead atoms. The van der Waals surface area contributed by atoms with Crippen LogP contribution in [0.25, 0.3) is 0 Å². The topological polar surface area (TPSA) is 15.3 Å². The number of likely N-dealkylation sites (tertiary alicyclic amines) is 1. The van der Waals surface area contributed by atoms with Gasteiger partial charge in [-0.1, -0.05) is 18.5 Å². The van der Waals surface area contributed by atoms with Crippen LogP contribution in [-0.4, -0.2) is 31.1 Å². The predicted molar refractivity (Wildman–Crippen MR) is 83.6 cm³/mol. The van der Waals surface area contributed by atoms with Crippen molar-refractivity contribution in [3.05, 3.63) is 19.8 Å². The van der Waals surface area contributed by atoms with E-state index < -0.39 is 0 Å². The summed E-state index contributed by atoms with van der Waals surface area (Å²) in [5.41, 5.74) is 0. The van der Waals surface area contributed by atoms with Gasteiger partial charge >= 0.3 is 0 Å². The SMILES string of the molecule is CCN1CCC(CNCc2cc(Br)c(Cl)s2)CC1. The van der Waals surface area contributed by atoms with Crippen LogP contribution >= 0.6 is 38.9 Å². The molecule has 1 saturated heterocycles. The Bertz CT molecular complexity index is 356. The first-order valence-corrected chi connectivity index (χ1v) is 8.54. The summed E-state index contributed by atoms with van der Waals surface area (Å²) in [6, 6.07) is 2.11. The smallest absolute Gasteiger partial charge is 0.107 e. The predicted octanol–water partition coefficient (Wildman–Crippen LogP) is 3.99. The second kappa shape index (κ2) is 7.25. The normalized spacial score (nSPS) is 18.4. The Labute approximate surface area is 127 Å². The molecule has 0 atom stereocenters. The second-order valence-electron chi connectivity index (χ2n) is 4.84. The third kappa shape index (κ3) is 4.20. The van der Waals surface area contributed by atoms with Crippen LogP contribution in [0, 0.1) is 5.92 Å². The Kier molecular flexibility index (Phi) is 5.96. The van der Waals surface area contributed by atoms with E-state index in [1.165, 1.54) is 37.4 Å². The summed E-state index contributed by atoms with van der Waals surface area (Å²) in [6.07, 6.45) is 2.66. The van der Waals surface area contributed by atoms with E-state index in [2.05, 4.69) is 39.1 Å². The lowest BCUT2D eigenvalue weighted by atomic mass is 9.97. The largest absolute Gasteiger partial charge is 0.312 e. The third-order valence-corrected chi connectivity index (χ3v) is 6.06. The molecule has 0 spiro atoms. The molecular weight excluding hydrogens is 332 g/mol. The first kappa shape index (κ1) is 14.8. The van der Waals surface area contributed by atoms with Crippen molar-refractivity contribution in [1.29, 1.82) is 0 Å². The first-order chi connectivity index (χ1) is 8.69. The molecule has 1 aliphatic rings. The molecule has 1 N–H and O–H groups in total. The van der Waals surface area contributed by atoms with Crippen molar-refractivity contribution in [3.63, 3.8) is 0 Å². The van der Waals surface area contributed by atoms with E-state index >= 15 is 0 Å². The molecule has 2 rings (SSSR count). The molecule has 1 fully saturated rings. The van der Waals surface area contributed by atoms with Crippen LogP contribution in [0.1, 0.15) is 24.6 Å². The molecule has 0 aromatic carbocycles. The monoisotopic (exact) mass is 350 g/mol. The van der Waals surface area contributed by atoms with Gasteiger partial charge in [-0.15, -0.1) is 11.3 Å². The van der Waals surface area contributed by atoms with Gasteiger partial charge in [0.1, 0.15) is 4.34 Å². The Morgan fingerprint density at radius 1 is 1.50 bits per heavy atom. The minimum atomic E-state index is 0.840. The van der Waals surface area contributed by atoms with Crippen molar-refractivity contribution < 1.29 is 0 Å². The summed E-state index contributed by atoms with van der Waals surface area (Å²) in [4.78, 5) is 3.84. The van der Waals surface area contributed by atoms with E-state index in [0.717, 1.165) is 27.8 Å². The van der Waals surface area contributed by atoms with Crippen LogP contribution in [0.4, 0.5) is 0 Å². The lowest BCUT2D eigenvalue weighted by Gasteiger charge is -2.31. The molecular formula is C13H20BrClN2S. The summed E-state index contributed by atoms with van der Waals surface area (Å²) in [6.45, 7) is 8.03. The maximum atomic E-state index is 6.03. The maximum Gasteiger partial charge on any atom is 0.107 e. The zero-order valence-electron chi connectivity index (χ0n) is 10.7. The van der Waals surface area contributed by atoms with Gasteiger partial charge in [0.25, 0.3) is 0 Å². The van der Waals surface area contributed by atoms with Crippen molar-refractivity contribution in [2.75, 3.05) is 26.2 Å². The number of rotatable bonds is 5. The highest BCUT2D eigenvalue weighted by atomic mass is 79.9. The molecule has 0 amide bonds. The van der Waals surface area contributed by atoms with Crippen LogP contribution in [0.3, 0.4) is 0 Å². The van der Waals surface area contributed by atoms with Gasteiger partial charge in [0.2, 0.25) is 0 Å².